The lowest BCUT2D eigenvalue weighted by atomic mass is 10.2. The fourth-order valence-electron chi connectivity index (χ4n) is 1.38. The van der Waals surface area contributed by atoms with Crippen molar-refractivity contribution in [2.24, 2.45) is 5.84 Å². The minimum atomic E-state index is -0.191. The van der Waals surface area contributed by atoms with Gasteiger partial charge in [-0.05, 0) is 38.0 Å². The Bertz CT molecular complexity index is 396. The SMILES string of the molecule is Cc1ccc(Cl)cc1OC(C)CCC(=O)NN. The first-order valence-corrected chi connectivity index (χ1v) is 5.83. The van der Waals surface area contributed by atoms with Crippen LogP contribution in [-0.2, 0) is 4.79 Å². The Morgan fingerprint density at radius 1 is 1.59 bits per heavy atom. The third-order valence-electron chi connectivity index (χ3n) is 2.42. The Kier molecular flexibility index (Phi) is 5.25. The van der Waals surface area contributed by atoms with E-state index in [0.29, 0.717) is 17.9 Å². The van der Waals surface area contributed by atoms with Gasteiger partial charge >= 0.3 is 0 Å². The molecule has 0 saturated carbocycles. The van der Waals surface area contributed by atoms with Gasteiger partial charge in [-0.15, -0.1) is 0 Å². The van der Waals surface area contributed by atoms with Crippen molar-refractivity contribution in [1.82, 2.24) is 5.43 Å². The zero-order chi connectivity index (χ0) is 12.8. The van der Waals surface area contributed by atoms with E-state index in [0.717, 1.165) is 11.3 Å². The number of aryl methyl sites for hydroxylation is 1. The topological polar surface area (TPSA) is 64.3 Å². The number of carbonyl (C=O) groups is 1. The molecule has 0 aliphatic heterocycles. The maximum Gasteiger partial charge on any atom is 0.234 e. The van der Waals surface area contributed by atoms with Crippen molar-refractivity contribution in [2.75, 3.05) is 0 Å². The molecule has 1 atom stereocenters. The fraction of sp³-hybridized carbons (Fsp3) is 0.417. The molecular formula is C12H17ClN2O2. The summed E-state index contributed by atoms with van der Waals surface area (Å²) in [5.41, 5.74) is 3.11. The van der Waals surface area contributed by atoms with E-state index in [-0.39, 0.29) is 12.0 Å². The van der Waals surface area contributed by atoms with Crippen LogP contribution in [-0.4, -0.2) is 12.0 Å². The first-order valence-electron chi connectivity index (χ1n) is 5.45. The number of halogens is 1. The molecule has 1 amide bonds. The van der Waals surface area contributed by atoms with E-state index in [4.69, 9.17) is 22.2 Å². The van der Waals surface area contributed by atoms with Gasteiger partial charge in [0.05, 0.1) is 6.10 Å². The van der Waals surface area contributed by atoms with Gasteiger partial charge in [0.2, 0.25) is 5.91 Å². The molecule has 4 nitrogen and oxygen atoms in total. The van der Waals surface area contributed by atoms with Gasteiger partial charge in [-0.3, -0.25) is 10.2 Å². The van der Waals surface area contributed by atoms with Gasteiger partial charge in [0, 0.05) is 11.4 Å². The lowest BCUT2D eigenvalue weighted by Gasteiger charge is -2.16. The Morgan fingerprint density at radius 3 is 2.94 bits per heavy atom. The number of ether oxygens (including phenoxy) is 1. The normalized spacial score (nSPS) is 12.0. The second-order valence-corrected chi connectivity index (χ2v) is 4.38. The molecule has 0 heterocycles. The van der Waals surface area contributed by atoms with Crippen molar-refractivity contribution in [3.8, 4) is 5.75 Å². The molecule has 0 fully saturated rings. The van der Waals surface area contributed by atoms with Crippen LogP contribution in [0.15, 0.2) is 18.2 Å². The predicted molar refractivity (Wildman–Crippen MR) is 67.8 cm³/mol. The largest absolute Gasteiger partial charge is 0.490 e. The molecule has 0 aliphatic carbocycles. The minimum absolute atomic E-state index is 0.0653. The first kappa shape index (κ1) is 13.8. The smallest absolute Gasteiger partial charge is 0.234 e. The van der Waals surface area contributed by atoms with Crippen molar-refractivity contribution < 1.29 is 9.53 Å². The van der Waals surface area contributed by atoms with Crippen molar-refractivity contribution in [3.05, 3.63) is 28.8 Å². The van der Waals surface area contributed by atoms with Crippen molar-refractivity contribution in [2.45, 2.75) is 32.8 Å². The van der Waals surface area contributed by atoms with Gasteiger partial charge in [-0.2, -0.15) is 0 Å². The molecule has 1 aromatic rings. The van der Waals surface area contributed by atoms with Gasteiger partial charge in [0.1, 0.15) is 5.75 Å². The van der Waals surface area contributed by atoms with E-state index in [1.807, 2.05) is 26.0 Å². The van der Waals surface area contributed by atoms with Crippen LogP contribution in [0.25, 0.3) is 0 Å². The Hall–Kier alpha value is -1.26. The van der Waals surface area contributed by atoms with Crippen LogP contribution < -0.4 is 16.0 Å². The van der Waals surface area contributed by atoms with Gasteiger partial charge in [0.15, 0.2) is 0 Å². The number of hydrogen-bond acceptors (Lipinski definition) is 3. The molecule has 17 heavy (non-hydrogen) atoms. The highest BCUT2D eigenvalue weighted by molar-refractivity contribution is 6.30. The molecular weight excluding hydrogens is 240 g/mol. The number of benzene rings is 1. The number of hydrazine groups is 1. The zero-order valence-electron chi connectivity index (χ0n) is 10.00. The van der Waals surface area contributed by atoms with E-state index in [1.165, 1.54) is 0 Å². The summed E-state index contributed by atoms with van der Waals surface area (Å²) in [6, 6.07) is 5.49. The summed E-state index contributed by atoms with van der Waals surface area (Å²) < 4.78 is 5.72. The van der Waals surface area contributed by atoms with Crippen LogP contribution in [0.4, 0.5) is 0 Å². The van der Waals surface area contributed by atoms with Gasteiger partial charge in [-0.25, -0.2) is 5.84 Å². The average molecular weight is 257 g/mol. The van der Waals surface area contributed by atoms with Gasteiger partial charge in [-0.1, -0.05) is 17.7 Å². The van der Waals surface area contributed by atoms with Crippen LogP contribution in [0.3, 0.4) is 0 Å². The standard InChI is InChI=1S/C12H17ClN2O2/c1-8-3-5-10(13)7-11(8)17-9(2)4-6-12(16)15-14/h3,5,7,9H,4,6,14H2,1-2H3,(H,15,16). The lowest BCUT2D eigenvalue weighted by Crippen LogP contribution is -2.30. The van der Waals surface area contributed by atoms with Crippen LogP contribution in [0.1, 0.15) is 25.3 Å². The molecule has 5 heteroatoms. The highest BCUT2D eigenvalue weighted by Crippen LogP contribution is 2.24. The number of carbonyl (C=O) groups excluding carboxylic acids is 1. The number of nitrogens with one attached hydrogen (secondary N) is 1. The van der Waals surface area contributed by atoms with E-state index >= 15 is 0 Å². The zero-order valence-corrected chi connectivity index (χ0v) is 10.8. The van der Waals surface area contributed by atoms with E-state index in [2.05, 4.69) is 5.43 Å². The Labute approximate surface area is 106 Å². The highest BCUT2D eigenvalue weighted by Gasteiger charge is 2.09. The molecule has 0 aliphatic rings. The third kappa shape index (κ3) is 4.63. The van der Waals surface area contributed by atoms with Crippen molar-refractivity contribution in [3.63, 3.8) is 0 Å². The van der Waals surface area contributed by atoms with Crippen LogP contribution in [0, 0.1) is 6.92 Å². The Balaban J connectivity index is 2.52. The van der Waals surface area contributed by atoms with Crippen LogP contribution >= 0.6 is 11.6 Å². The summed E-state index contributed by atoms with van der Waals surface area (Å²) in [5.74, 6) is 5.55. The molecule has 1 aromatic carbocycles. The molecule has 0 bridgehead atoms. The molecule has 0 aromatic heterocycles. The first-order chi connectivity index (χ1) is 8.02. The predicted octanol–water partition coefficient (Wildman–Crippen LogP) is 2.19. The molecule has 3 N–H and O–H groups in total. The lowest BCUT2D eigenvalue weighted by molar-refractivity contribution is -0.121. The summed E-state index contributed by atoms with van der Waals surface area (Å²) >= 11 is 5.89. The Morgan fingerprint density at radius 2 is 2.29 bits per heavy atom. The van der Waals surface area contributed by atoms with Crippen molar-refractivity contribution >= 4 is 17.5 Å². The molecule has 0 spiro atoms. The number of nitrogens with two attached hydrogens (primary N) is 1. The summed E-state index contributed by atoms with van der Waals surface area (Å²) in [6.45, 7) is 3.86. The maximum absolute atomic E-state index is 11.0. The van der Waals surface area contributed by atoms with Gasteiger partial charge < -0.3 is 4.74 Å². The highest BCUT2D eigenvalue weighted by atomic mass is 35.5. The monoisotopic (exact) mass is 256 g/mol. The van der Waals surface area contributed by atoms with E-state index < -0.39 is 0 Å². The minimum Gasteiger partial charge on any atom is -0.490 e. The summed E-state index contributed by atoms with van der Waals surface area (Å²) in [7, 11) is 0. The fourth-order valence-corrected chi connectivity index (χ4v) is 1.55. The summed E-state index contributed by atoms with van der Waals surface area (Å²) in [4.78, 5) is 11.0. The second kappa shape index (κ2) is 6.47. The molecule has 1 rings (SSSR count). The third-order valence-corrected chi connectivity index (χ3v) is 2.65. The second-order valence-electron chi connectivity index (χ2n) is 3.94. The quantitative estimate of drug-likeness (QED) is 0.482. The van der Waals surface area contributed by atoms with Crippen molar-refractivity contribution in [1.29, 1.82) is 0 Å². The molecule has 0 radical (unpaired) electrons. The summed E-state index contributed by atoms with van der Waals surface area (Å²) in [5, 5.41) is 0.637. The molecule has 94 valence electrons. The number of rotatable bonds is 5. The van der Waals surface area contributed by atoms with Crippen LogP contribution in [0.5, 0.6) is 5.75 Å². The molecule has 0 saturated heterocycles. The molecule has 1 unspecified atom stereocenters. The van der Waals surface area contributed by atoms with E-state index in [1.54, 1.807) is 6.07 Å². The van der Waals surface area contributed by atoms with Gasteiger partial charge in [0.25, 0.3) is 0 Å². The van der Waals surface area contributed by atoms with Crippen LogP contribution in [0.2, 0.25) is 5.02 Å². The van der Waals surface area contributed by atoms with E-state index in [9.17, 15) is 4.79 Å². The maximum atomic E-state index is 11.0. The number of amides is 1. The average Bonchev–Trinajstić information content (AvgIpc) is 2.30. The number of hydrogen-bond donors (Lipinski definition) is 2. The summed E-state index contributed by atoms with van der Waals surface area (Å²) in [6.07, 6.45) is 0.885.